The fourth-order valence-corrected chi connectivity index (χ4v) is 3.58. The van der Waals surface area contributed by atoms with Crippen LogP contribution in [0.5, 0.6) is 0 Å². The van der Waals surface area contributed by atoms with Gasteiger partial charge in [0.15, 0.2) is 0 Å². The van der Waals surface area contributed by atoms with Crippen LogP contribution >= 0.6 is 0 Å². The molecule has 3 rings (SSSR count). The van der Waals surface area contributed by atoms with Crippen molar-refractivity contribution < 1.29 is 4.42 Å². The highest BCUT2D eigenvalue weighted by Gasteiger charge is 2.19. The van der Waals surface area contributed by atoms with Crippen molar-refractivity contribution in [1.29, 1.82) is 5.26 Å². The van der Waals surface area contributed by atoms with E-state index in [9.17, 15) is 4.79 Å². The Morgan fingerprint density at radius 3 is 2.30 bits per heavy atom. The second-order valence-corrected chi connectivity index (χ2v) is 6.87. The third-order valence-corrected chi connectivity index (χ3v) is 4.94. The summed E-state index contributed by atoms with van der Waals surface area (Å²) in [5, 5.41) is 9.97. The molecule has 1 heterocycles. The highest BCUT2D eigenvalue weighted by atomic mass is 16.4. The van der Waals surface area contributed by atoms with Gasteiger partial charge in [-0.15, -0.1) is 0 Å². The Bertz CT molecular complexity index is 1050. The first-order chi connectivity index (χ1) is 13.0. The summed E-state index contributed by atoms with van der Waals surface area (Å²) in [4.78, 5) is 15.1. The standard InChI is InChI=1S/C23H24N2O2/c1-5-25(6-2)18-11-12-19-20(13-18)27-23(26)22(21(19)15(3)4)17-9-7-16(14-24)8-10-17/h7-13,15H,5-6H2,1-4H3. The SMILES string of the molecule is CCN(CC)c1ccc2c(C(C)C)c(-c3ccc(C#N)cc3)c(=O)oc2c1. The number of benzene rings is 2. The number of anilines is 1. The van der Waals surface area contributed by atoms with Gasteiger partial charge in [-0.25, -0.2) is 4.79 Å². The smallest absolute Gasteiger partial charge is 0.344 e. The molecule has 3 aromatic rings. The number of hydrogen-bond donors (Lipinski definition) is 0. The molecule has 0 radical (unpaired) electrons. The predicted octanol–water partition coefficient (Wildman–Crippen LogP) is 5.30. The Labute approximate surface area is 159 Å². The largest absolute Gasteiger partial charge is 0.422 e. The molecular weight excluding hydrogens is 336 g/mol. The van der Waals surface area contributed by atoms with Crippen molar-refractivity contribution in [1.82, 2.24) is 0 Å². The summed E-state index contributed by atoms with van der Waals surface area (Å²) in [5.41, 5.74) is 4.24. The third-order valence-electron chi connectivity index (χ3n) is 4.94. The number of hydrogen-bond acceptors (Lipinski definition) is 4. The Morgan fingerprint density at radius 1 is 1.07 bits per heavy atom. The average Bonchev–Trinajstić information content (AvgIpc) is 2.67. The van der Waals surface area contributed by atoms with Gasteiger partial charge in [0.25, 0.3) is 0 Å². The average molecular weight is 360 g/mol. The Morgan fingerprint density at radius 2 is 1.74 bits per heavy atom. The molecule has 0 N–H and O–H groups in total. The van der Waals surface area contributed by atoms with Crippen molar-refractivity contribution in [2.24, 2.45) is 0 Å². The molecule has 0 bridgehead atoms. The van der Waals surface area contributed by atoms with Crippen molar-refractivity contribution in [3.8, 4) is 17.2 Å². The van der Waals surface area contributed by atoms with Gasteiger partial charge < -0.3 is 9.32 Å². The minimum atomic E-state index is -0.340. The van der Waals surface area contributed by atoms with Gasteiger partial charge in [0, 0.05) is 30.2 Å². The molecule has 0 aliphatic carbocycles. The monoisotopic (exact) mass is 360 g/mol. The van der Waals surface area contributed by atoms with E-state index in [0.29, 0.717) is 16.7 Å². The van der Waals surface area contributed by atoms with Gasteiger partial charge in [-0.1, -0.05) is 26.0 Å². The van der Waals surface area contributed by atoms with Gasteiger partial charge in [0.05, 0.1) is 17.2 Å². The van der Waals surface area contributed by atoms with E-state index >= 15 is 0 Å². The van der Waals surface area contributed by atoms with E-state index < -0.39 is 0 Å². The van der Waals surface area contributed by atoms with E-state index in [2.05, 4.69) is 50.8 Å². The van der Waals surface area contributed by atoms with Crippen LogP contribution in [0, 0.1) is 11.3 Å². The number of nitrogens with zero attached hydrogens (tertiary/aromatic N) is 2. The molecule has 0 saturated heterocycles. The van der Waals surface area contributed by atoms with Crippen molar-refractivity contribution in [3.63, 3.8) is 0 Å². The zero-order valence-corrected chi connectivity index (χ0v) is 16.2. The van der Waals surface area contributed by atoms with Gasteiger partial charge in [-0.2, -0.15) is 5.26 Å². The highest BCUT2D eigenvalue weighted by molar-refractivity contribution is 5.89. The molecule has 0 unspecified atom stereocenters. The lowest BCUT2D eigenvalue weighted by atomic mass is 9.90. The number of fused-ring (bicyclic) bond motifs is 1. The van der Waals surface area contributed by atoms with E-state index in [1.807, 2.05) is 18.2 Å². The molecule has 0 spiro atoms. The molecule has 0 aliphatic rings. The summed E-state index contributed by atoms with van der Waals surface area (Å²) in [6, 6.07) is 15.3. The third kappa shape index (κ3) is 3.46. The van der Waals surface area contributed by atoms with Gasteiger partial charge >= 0.3 is 5.63 Å². The molecule has 0 atom stereocenters. The molecule has 0 saturated carbocycles. The van der Waals surface area contributed by atoms with Crippen LogP contribution in [0.15, 0.2) is 51.7 Å². The van der Waals surface area contributed by atoms with Crippen molar-refractivity contribution in [2.45, 2.75) is 33.6 Å². The summed E-state index contributed by atoms with van der Waals surface area (Å²) in [6.07, 6.45) is 0. The maximum Gasteiger partial charge on any atom is 0.344 e. The van der Waals surface area contributed by atoms with E-state index in [1.54, 1.807) is 12.1 Å². The van der Waals surface area contributed by atoms with Gasteiger partial charge in [-0.05, 0) is 55.2 Å². The van der Waals surface area contributed by atoms with Gasteiger partial charge in [0.2, 0.25) is 0 Å². The van der Waals surface area contributed by atoms with Crippen molar-refractivity contribution in [2.75, 3.05) is 18.0 Å². The molecule has 0 amide bonds. The highest BCUT2D eigenvalue weighted by Crippen LogP contribution is 2.34. The van der Waals surface area contributed by atoms with Crippen LogP contribution in [0.2, 0.25) is 0 Å². The first-order valence-corrected chi connectivity index (χ1v) is 9.36. The van der Waals surface area contributed by atoms with Crippen LogP contribution in [-0.2, 0) is 0 Å². The molecule has 2 aromatic carbocycles. The maximum atomic E-state index is 12.9. The summed E-state index contributed by atoms with van der Waals surface area (Å²) >= 11 is 0. The van der Waals surface area contributed by atoms with Gasteiger partial charge in [-0.3, -0.25) is 0 Å². The van der Waals surface area contributed by atoms with Crippen LogP contribution in [0.25, 0.3) is 22.1 Å². The van der Waals surface area contributed by atoms with Crippen molar-refractivity contribution in [3.05, 3.63) is 64.0 Å². The first kappa shape index (κ1) is 18.7. The second kappa shape index (κ2) is 7.67. The quantitative estimate of drug-likeness (QED) is 0.579. The van der Waals surface area contributed by atoms with Crippen LogP contribution in [0.4, 0.5) is 5.69 Å². The molecular formula is C23H24N2O2. The first-order valence-electron chi connectivity index (χ1n) is 9.36. The van der Waals surface area contributed by atoms with E-state index in [4.69, 9.17) is 9.68 Å². The normalized spacial score (nSPS) is 11.0. The van der Waals surface area contributed by atoms with Crippen LogP contribution in [0.1, 0.15) is 44.7 Å². The van der Waals surface area contributed by atoms with E-state index in [1.165, 1.54) is 0 Å². The summed E-state index contributed by atoms with van der Waals surface area (Å²) in [7, 11) is 0. The molecule has 27 heavy (non-hydrogen) atoms. The summed E-state index contributed by atoms with van der Waals surface area (Å²) in [6.45, 7) is 10.2. The van der Waals surface area contributed by atoms with Crippen molar-refractivity contribution >= 4 is 16.7 Å². The maximum absolute atomic E-state index is 12.9. The molecule has 4 heteroatoms. The van der Waals surface area contributed by atoms with Crippen LogP contribution in [-0.4, -0.2) is 13.1 Å². The lowest BCUT2D eigenvalue weighted by molar-refractivity contribution is 0.560. The molecule has 0 aliphatic heterocycles. The summed E-state index contributed by atoms with van der Waals surface area (Å²) in [5.74, 6) is 0.154. The minimum absolute atomic E-state index is 0.154. The molecule has 138 valence electrons. The number of nitriles is 1. The topological polar surface area (TPSA) is 57.2 Å². The lowest BCUT2D eigenvalue weighted by Gasteiger charge is -2.22. The number of rotatable bonds is 5. The zero-order valence-electron chi connectivity index (χ0n) is 16.2. The minimum Gasteiger partial charge on any atom is -0.422 e. The van der Waals surface area contributed by atoms with Crippen LogP contribution < -0.4 is 10.5 Å². The lowest BCUT2D eigenvalue weighted by Crippen LogP contribution is -2.21. The Kier molecular flexibility index (Phi) is 5.32. The Hall–Kier alpha value is -3.06. The molecule has 4 nitrogen and oxygen atoms in total. The molecule has 1 aromatic heterocycles. The van der Waals surface area contributed by atoms with E-state index in [0.717, 1.165) is 35.3 Å². The predicted molar refractivity (Wildman–Crippen MR) is 110 cm³/mol. The van der Waals surface area contributed by atoms with E-state index in [-0.39, 0.29) is 11.5 Å². The van der Waals surface area contributed by atoms with Crippen LogP contribution in [0.3, 0.4) is 0 Å². The fraction of sp³-hybridized carbons (Fsp3) is 0.304. The second-order valence-electron chi connectivity index (χ2n) is 6.87. The zero-order chi connectivity index (χ0) is 19.6. The Balaban J connectivity index is 2.27. The molecule has 0 fully saturated rings. The summed E-state index contributed by atoms with van der Waals surface area (Å²) < 4.78 is 5.73. The van der Waals surface area contributed by atoms with Gasteiger partial charge in [0.1, 0.15) is 5.58 Å². The fourth-order valence-electron chi connectivity index (χ4n) is 3.58.